The maximum atomic E-state index is 10.0. The molecule has 1 aromatic rings. The van der Waals surface area contributed by atoms with E-state index in [1.165, 1.54) is 6.08 Å². The van der Waals surface area contributed by atoms with Gasteiger partial charge in [-0.1, -0.05) is 36.4 Å². The highest BCUT2D eigenvalue weighted by atomic mass is 16.1. The number of hydrogen-bond acceptors (Lipinski definition) is 2. The van der Waals surface area contributed by atoms with Gasteiger partial charge >= 0.3 is 0 Å². The van der Waals surface area contributed by atoms with E-state index in [4.69, 9.17) is 0 Å². The van der Waals surface area contributed by atoms with Crippen molar-refractivity contribution in [2.45, 2.75) is 6.92 Å². The molecule has 13 heavy (non-hydrogen) atoms. The predicted molar refractivity (Wildman–Crippen MR) is 52.7 cm³/mol. The van der Waals surface area contributed by atoms with E-state index in [-0.39, 0.29) is 0 Å². The average molecular weight is 176 g/mol. The van der Waals surface area contributed by atoms with Crippen LogP contribution in [0, 0.1) is 0 Å². The van der Waals surface area contributed by atoms with Crippen LogP contribution in [0.5, 0.6) is 0 Å². The summed E-state index contributed by atoms with van der Waals surface area (Å²) in [5, 5.41) is 0. The van der Waals surface area contributed by atoms with E-state index >= 15 is 0 Å². The minimum absolute atomic E-state index is 0.729. The second kappa shape index (κ2) is 8.40. The molecule has 0 saturated carbocycles. The Morgan fingerprint density at radius 2 is 1.69 bits per heavy atom. The van der Waals surface area contributed by atoms with Gasteiger partial charge in [-0.2, -0.15) is 0 Å². The molecule has 0 aliphatic rings. The Labute approximate surface area is 77.9 Å². The van der Waals surface area contributed by atoms with Crippen LogP contribution in [0.15, 0.2) is 42.5 Å². The van der Waals surface area contributed by atoms with Gasteiger partial charge in [-0.25, -0.2) is 0 Å². The van der Waals surface area contributed by atoms with Crippen LogP contribution in [0.3, 0.4) is 0 Å². The van der Waals surface area contributed by atoms with Gasteiger partial charge in [0.1, 0.15) is 12.6 Å². The van der Waals surface area contributed by atoms with Crippen molar-refractivity contribution in [1.82, 2.24) is 0 Å². The maximum Gasteiger partial charge on any atom is 0.150 e. The van der Waals surface area contributed by atoms with Crippen LogP contribution in [0.1, 0.15) is 17.3 Å². The molecule has 0 heterocycles. The van der Waals surface area contributed by atoms with E-state index in [0.29, 0.717) is 0 Å². The minimum atomic E-state index is 0.729. The highest BCUT2D eigenvalue weighted by Gasteiger charge is 1.79. The molecule has 68 valence electrons. The van der Waals surface area contributed by atoms with Gasteiger partial charge in [0, 0.05) is 5.56 Å². The van der Waals surface area contributed by atoms with Crippen LogP contribution in [0.2, 0.25) is 0 Å². The Morgan fingerprint density at radius 1 is 1.08 bits per heavy atom. The minimum Gasteiger partial charge on any atom is -0.299 e. The third kappa shape index (κ3) is 6.69. The van der Waals surface area contributed by atoms with E-state index in [1.807, 2.05) is 18.2 Å². The van der Waals surface area contributed by atoms with Gasteiger partial charge in [0.25, 0.3) is 0 Å². The molecule has 0 aliphatic carbocycles. The fourth-order valence-electron chi connectivity index (χ4n) is 0.610. The van der Waals surface area contributed by atoms with Gasteiger partial charge < -0.3 is 0 Å². The Morgan fingerprint density at radius 3 is 1.92 bits per heavy atom. The van der Waals surface area contributed by atoms with E-state index in [1.54, 1.807) is 25.1 Å². The van der Waals surface area contributed by atoms with Crippen molar-refractivity contribution in [3.05, 3.63) is 48.0 Å². The van der Waals surface area contributed by atoms with Gasteiger partial charge in [0.05, 0.1) is 0 Å². The van der Waals surface area contributed by atoms with Crippen molar-refractivity contribution >= 4 is 12.6 Å². The molecule has 0 aromatic heterocycles. The van der Waals surface area contributed by atoms with Gasteiger partial charge in [-0.3, -0.25) is 9.59 Å². The summed E-state index contributed by atoms with van der Waals surface area (Å²) in [6, 6.07) is 9.10. The molecule has 0 N–H and O–H groups in total. The van der Waals surface area contributed by atoms with Crippen LogP contribution in [0.25, 0.3) is 0 Å². The van der Waals surface area contributed by atoms with Crippen LogP contribution in [0.4, 0.5) is 0 Å². The lowest BCUT2D eigenvalue weighted by molar-refractivity contribution is -0.104. The van der Waals surface area contributed by atoms with Crippen molar-refractivity contribution in [1.29, 1.82) is 0 Å². The molecular formula is C11H12O2. The first kappa shape index (κ1) is 11.3. The molecule has 0 radical (unpaired) electrons. The number of allylic oxidation sites excluding steroid dienone is 2. The number of aldehydes is 2. The Hall–Kier alpha value is -1.70. The topological polar surface area (TPSA) is 34.1 Å². The lowest BCUT2D eigenvalue weighted by Crippen LogP contribution is -1.73. The molecule has 0 spiro atoms. The SMILES string of the molecule is CC=CC=O.O=Cc1ccccc1. The summed E-state index contributed by atoms with van der Waals surface area (Å²) in [5.41, 5.74) is 0.729. The van der Waals surface area contributed by atoms with Crippen molar-refractivity contribution in [2.75, 3.05) is 0 Å². The van der Waals surface area contributed by atoms with E-state index < -0.39 is 0 Å². The standard InChI is InChI=1S/C7H6O.C4H6O/c8-6-7-4-2-1-3-5-7;1-2-3-4-5/h1-6H;2-4H,1H3. The summed E-state index contributed by atoms with van der Waals surface area (Å²) in [5.74, 6) is 0. The summed E-state index contributed by atoms with van der Waals surface area (Å²) >= 11 is 0. The number of carbonyl (C=O) groups is 2. The zero-order chi connectivity index (χ0) is 9.94. The quantitative estimate of drug-likeness (QED) is 0.511. The highest BCUT2D eigenvalue weighted by Crippen LogP contribution is 1.91. The van der Waals surface area contributed by atoms with Crippen LogP contribution < -0.4 is 0 Å². The lowest BCUT2D eigenvalue weighted by Gasteiger charge is -1.81. The van der Waals surface area contributed by atoms with E-state index in [2.05, 4.69) is 0 Å². The molecule has 0 saturated heterocycles. The molecule has 1 aromatic carbocycles. The monoisotopic (exact) mass is 176 g/mol. The Kier molecular flexibility index (Phi) is 7.30. The molecule has 0 unspecified atom stereocenters. The number of hydrogen-bond donors (Lipinski definition) is 0. The normalized spacial score (nSPS) is 8.69. The predicted octanol–water partition coefficient (Wildman–Crippen LogP) is 2.26. The van der Waals surface area contributed by atoms with Gasteiger partial charge in [0.2, 0.25) is 0 Å². The summed E-state index contributed by atoms with van der Waals surface area (Å²) < 4.78 is 0. The zero-order valence-corrected chi connectivity index (χ0v) is 7.51. The number of rotatable bonds is 2. The summed E-state index contributed by atoms with van der Waals surface area (Å²) in [6.07, 6.45) is 4.72. The van der Waals surface area contributed by atoms with Gasteiger partial charge in [0.15, 0.2) is 0 Å². The molecule has 0 bridgehead atoms. The first-order chi connectivity index (χ1) is 6.35. The summed E-state index contributed by atoms with van der Waals surface area (Å²) in [4.78, 5) is 19.3. The van der Waals surface area contributed by atoms with E-state index in [0.717, 1.165) is 18.1 Å². The van der Waals surface area contributed by atoms with Crippen molar-refractivity contribution in [2.24, 2.45) is 0 Å². The zero-order valence-electron chi connectivity index (χ0n) is 7.51. The van der Waals surface area contributed by atoms with Crippen molar-refractivity contribution in [3.8, 4) is 0 Å². The summed E-state index contributed by atoms with van der Waals surface area (Å²) in [6.45, 7) is 1.80. The fraction of sp³-hybridized carbons (Fsp3) is 0.0909. The van der Waals surface area contributed by atoms with Crippen molar-refractivity contribution < 1.29 is 9.59 Å². The van der Waals surface area contributed by atoms with Gasteiger partial charge in [-0.05, 0) is 13.0 Å². The molecule has 0 aliphatic heterocycles. The molecule has 0 amide bonds. The lowest BCUT2D eigenvalue weighted by atomic mass is 10.2. The van der Waals surface area contributed by atoms with Crippen LogP contribution in [-0.2, 0) is 4.79 Å². The van der Waals surface area contributed by atoms with Crippen LogP contribution in [-0.4, -0.2) is 12.6 Å². The molecule has 0 atom stereocenters. The average Bonchev–Trinajstić information content (AvgIpc) is 2.21. The molecule has 0 fully saturated rings. The third-order valence-corrected chi connectivity index (χ3v) is 1.21. The number of carbonyl (C=O) groups excluding carboxylic acids is 2. The smallest absolute Gasteiger partial charge is 0.150 e. The Balaban J connectivity index is 0.000000252. The second-order valence-corrected chi connectivity index (χ2v) is 2.19. The molecular weight excluding hydrogens is 164 g/mol. The van der Waals surface area contributed by atoms with Crippen LogP contribution >= 0.6 is 0 Å². The van der Waals surface area contributed by atoms with Gasteiger partial charge in [-0.15, -0.1) is 0 Å². The first-order valence-corrected chi connectivity index (χ1v) is 3.91. The summed E-state index contributed by atoms with van der Waals surface area (Å²) in [7, 11) is 0. The largest absolute Gasteiger partial charge is 0.299 e. The Bertz CT molecular complexity index is 263. The number of benzene rings is 1. The molecule has 2 heteroatoms. The first-order valence-electron chi connectivity index (χ1n) is 3.91. The van der Waals surface area contributed by atoms with E-state index in [9.17, 15) is 9.59 Å². The highest BCUT2D eigenvalue weighted by molar-refractivity contribution is 5.74. The second-order valence-electron chi connectivity index (χ2n) is 2.19. The molecule has 2 nitrogen and oxygen atoms in total. The third-order valence-electron chi connectivity index (χ3n) is 1.21. The van der Waals surface area contributed by atoms with Crippen molar-refractivity contribution in [3.63, 3.8) is 0 Å². The fourth-order valence-corrected chi connectivity index (χ4v) is 0.610. The molecule has 1 rings (SSSR count). The maximum absolute atomic E-state index is 10.0.